The molecule has 1 aromatic carbocycles. The zero-order valence-electron chi connectivity index (χ0n) is 10.4. The molecule has 1 aromatic rings. The first-order valence-corrected chi connectivity index (χ1v) is 7.05. The summed E-state index contributed by atoms with van der Waals surface area (Å²) in [6.45, 7) is 3.95. The monoisotopic (exact) mass is 271 g/mol. The summed E-state index contributed by atoms with van der Waals surface area (Å²) in [7, 11) is -4.00. The van der Waals surface area contributed by atoms with Gasteiger partial charge in [0, 0.05) is 6.54 Å². The molecule has 0 aromatic heterocycles. The maximum Gasteiger partial charge on any atom is 0.385 e. The summed E-state index contributed by atoms with van der Waals surface area (Å²) in [6, 6.07) is 8.82. The van der Waals surface area contributed by atoms with Gasteiger partial charge < -0.3 is 4.18 Å². The van der Waals surface area contributed by atoms with E-state index in [1.165, 1.54) is 0 Å². The lowest BCUT2D eigenvalue weighted by molar-refractivity contribution is -0.133. The van der Waals surface area contributed by atoms with E-state index in [9.17, 15) is 13.2 Å². The average molecular weight is 271 g/mol. The van der Waals surface area contributed by atoms with Crippen LogP contribution >= 0.6 is 0 Å². The minimum absolute atomic E-state index is 0.0660. The molecule has 0 heterocycles. The van der Waals surface area contributed by atoms with Crippen molar-refractivity contribution in [2.75, 3.05) is 6.54 Å². The third-order valence-electron chi connectivity index (χ3n) is 2.06. The molecule has 100 valence electrons. The van der Waals surface area contributed by atoms with E-state index in [1.54, 1.807) is 24.3 Å². The number of hydrogen-bond acceptors (Lipinski definition) is 4. The molecule has 0 radical (unpaired) electrons. The van der Waals surface area contributed by atoms with E-state index >= 15 is 0 Å². The Bertz CT molecular complexity index is 482. The van der Waals surface area contributed by atoms with Crippen LogP contribution in [0.15, 0.2) is 30.3 Å². The van der Waals surface area contributed by atoms with Gasteiger partial charge in [-0.25, -0.2) is 0 Å². The first-order valence-electron chi connectivity index (χ1n) is 5.65. The third kappa shape index (κ3) is 5.79. The molecule has 0 unspecified atom stereocenters. The van der Waals surface area contributed by atoms with Crippen LogP contribution < -0.4 is 4.72 Å². The Morgan fingerprint density at radius 3 is 2.44 bits per heavy atom. The number of nitrogens with one attached hydrogen (secondary N) is 1. The van der Waals surface area contributed by atoms with E-state index in [1.807, 2.05) is 19.9 Å². The average Bonchev–Trinajstić information content (AvgIpc) is 2.27. The molecule has 0 aliphatic heterocycles. The quantitative estimate of drug-likeness (QED) is 0.845. The fourth-order valence-electron chi connectivity index (χ4n) is 1.21. The van der Waals surface area contributed by atoms with Gasteiger partial charge in [-0.05, 0) is 11.5 Å². The second-order valence-electron chi connectivity index (χ2n) is 4.31. The van der Waals surface area contributed by atoms with Crippen LogP contribution in [0.3, 0.4) is 0 Å². The Morgan fingerprint density at radius 1 is 1.28 bits per heavy atom. The van der Waals surface area contributed by atoms with Crippen molar-refractivity contribution in [3.8, 4) is 0 Å². The van der Waals surface area contributed by atoms with Gasteiger partial charge in [0.25, 0.3) is 0 Å². The Kier molecular flexibility index (Phi) is 5.30. The highest BCUT2D eigenvalue weighted by atomic mass is 32.2. The second kappa shape index (κ2) is 6.51. The zero-order chi connectivity index (χ0) is 13.6. The highest BCUT2D eigenvalue weighted by Gasteiger charge is 2.17. The summed E-state index contributed by atoms with van der Waals surface area (Å²) < 4.78 is 29.4. The molecular weight excluding hydrogens is 254 g/mol. The highest BCUT2D eigenvalue weighted by Crippen LogP contribution is 2.02. The maximum absolute atomic E-state index is 11.4. The Balaban J connectivity index is 2.49. The molecule has 0 bridgehead atoms. The zero-order valence-corrected chi connectivity index (χ0v) is 11.2. The van der Waals surface area contributed by atoms with Crippen LogP contribution in [0.2, 0.25) is 0 Å². The van der Waals surface area contributed by atoms with E-state index < -0.39 is 16.3 Å². The lowest BCUT2D eigenvalue weighted by atomic mass is 10.2. The smallest absolute Gasteiger partial charge is 0.334 e. The third-order valence-corrected chi connectivity index (χ3v) is 2.99. The van der Waals surface area contributed by atoms with Gasteiger partial charge in [-0.15, -0.1) is 0 Å². The van der Waals surface area contributed by atoms with Gasteiger partial charge in [0.1, 0.15) is 0 Å². The normalized spacial score (nSPS) is 11.5. The Labute approximate surface area is 107 Å². The summed E-state index contributed by atoms with van der Waals surface area (Å²) >= 11 is 0. The fraction of sp³-hybridized carbons (Fsp3) is 0.417. The molecule has 0 saturated carbocycles. The molecule has 5 nitrogen and oxygen atoms in total. The molecule has 0 amide bonds. The molecule has 0 spiro atoms. The molecule has 0 aliphatic carbocycles. The predicted octanol–water partition coefficient (Wildman–Crippen LogP) is 1.26. The molecule has 0 saturated heterocycles. The SMILES string of the molecule is CC(C)CNS(=O)(=O)OC(=O)Cc1ccccc1. The van der Waals surface area contributed by atoms with E-state index in [0.717, 1.165) is 0 Å². The van der Waals surface area contributed by atoms with Crippen molar-refractivity contribution in [1.82, 2.24) is 4.72 Å². The van der Waals surface area contributed by atoms with Gasteiger partial charge in [0.2, 0.25) is 0 Å². The van der Waals surface area contributed by atoms with Crippen molar-refractivity contribution in [3.63, 3.8) is 0 Å². The van der Waals surface area contributed by atoms with Gasteiger partial charge in [0.05, 0.1) is 6.42 Å². The first kappa shape index (κ1) is 14.7. The standard InChI is InChI=1S/C12H17NO4S/c1-10(2)9-13-18(15,16)17-12(14)8-11-6-4-3-5-7-11/h3-7,10,13H,8-9H2,1-2H3. The van der Waals surface area contributed by atoms with Crippen molar-refractivity contribution in [1.29, 1.82) is 0 Å². The van der Waals surface area contributed by atoms with Crippen LogP contribution in [0, 0.1) is 5.92 Å². The molecule has 0 atom stereocenters. The topological polar surface area (TPSA) is 72.5 Å². The Morgan fingerprint density at radius 2 is 1.89 bits per heavy atom. The van der Waals surface area contributed by atoms with Gasteiger partial charge in [-0.3, -0.25) is 4.79 Å². The lowest BCUT2D eigenvalue weighted by Crippen LogP contribution is -2.31. The largest absolute Gasteiger partial charge is 0.385 e. The van der Waals surface area contributed by atoms with Gasteiger partial charge >= 0.3 is 16.3 Å². The highest BCUT2D eigenvalue weighted by molar-refractivity contribution is 7.85. The van der Waals surface area contributed by atoms with Crippen LogP contribution in [0.25, 0.3) is 0 Å². The summed E-state index contributed by atoms with van der Waals surface area (Å²) in [5, 5.41) is 0. The second-order valence-corrected chi connectivity index (χ2v) is 5.68. The molecule has 0 fully saturated rings. The Hall–Kier alpha value is -1.40. The van der Waals surface area contributed by atoms with Gasteiger partial charge in [-0.2, -0.15) is 13.1 Å². The molecule has 1 rings (SSSR count). The molecule has 0 aliphatic rings. The minimum atomic E-state index is -4.00. The van der Waals surface area contributed by atoms with Crippen molar-refractivity contribution < 1.29 is 17.4 Å². The summed E-state index contributed by atoms with van der Waals surface area (Å²) in [4.78, 5) is 11.4. The fourth-order valence-corrected chi connectivity index (χ4v) is 2.11. The lowest BCUT2D eigenvalue weighted by Gasteiger charge is -2.08. The summed E-state index contributed by atoms with van der Waals surface area (Å²) in [6.07, 6.45) is -0.0660. The van der Waals surface area contributed by atoms with Gasteiger partial charge in [0.15, 0.2) is 0 Å². The van der Waals surface area contributed by atoms with Gasteiger partial charge in [-0.1, -0.05) is 44.2 Å². The maximum atomic E-state index is 11.4. The minimum Gasteiger partial charge on any atom is -0.334 e. The molecule has 6 heteroatoms. The van der Waals surface area contributed by atoms with Crippen molar-refractivity contribution in [3.05, 3.63) is 35.9 Å². The summed E-state index contributed by atoms with van der Waals surface area (Å²) in [5.74, 6) is -0.648. The number of carbonyl (C=O) groups excluding carboxylic acids is 1. The van der Waals surface area contributed by atoms with Crippen molar-refractivity contribution >= 4 is 16.3 Å². The number of carbonyl (C=O) groups is 1. The molecule has 18 heavy (non-hydrogen) atoms. The van der Waals surface area contributed by atoms with E-state index in [-0.39, 0.29) is 18.9 Å². The molecule has 1 N–H and O–H groups in total. The predicted molar refractivity (Wildman–Crippen MR) is 68.0 cm³/mol. The number of hydrogen-bond donors (Lipinski definition) is 1. The first-order chi connectivity index (χ1) is 8.39. The van der Waals surface area contributed by atoms with Crippen molar-refractivity contribution in [2.45, 2.75) is 20.3 Å². The van der Waals surface area contributed by atoms with E-state index in [2.05, 4.69) is 8.91 Å². The number of rotatable bonds is 6. The van der Waals surface area contributed by atoms with E-state index in [0.29, 0.717) is 5.56 Å². The van der Waals surface area contributed by atoms with E-state index in [4.69, 9.17) is 0 Å². The molecular formula is C12H17NO4S. The van der Waals surface area contributed by atoms with Crippen LogP contribution in [0.1, 0.15) is 19.4 Å². The number of benzene rings is 1. The summed E-state index contributed by atoms with van der Waals surface area (Å²) in [5.41, 5.74) is 0.710. The van der Waals surface area contributed by atoms with Crippen LogP contribution in [0.4, 0.5) is 0 Å². The van der Waals surface area contributed by atoms with Crippen LogP contribution in [-0.2, 0) is 25.7 Å². The van der Waals surface area contributed by atoms with Crippen LogP contribution in [0.5, 0.6) is 0 Å². The van der Waals surface area contributed by atoms with Crippen LogP contribution in [-0.4, -0.2) is 20.9 Å². The van der Waals surface area contributed by atoms with Crippen molar-refractivity contribution in [2.24, 2.45) is 5.92 Å².